The van der Waals surface area contributed by atoms with E-state index in [4.69, 9.17) is 17.3 Å². The number of allylic oxidation sites excluding steroid dienone is 2. The fourth-order valence-electron chi connectivity index (χ4n) is 6.14. The zero-order chi connectivity index (χ0) is 35.8. The molecule has 2 aromatic carbocycles. The van der Waals surface area contributed by atoms with Gasteiger partial charge in [-0.1, -0.05) is 51.9 Å². The Labute approximate surface area is 283 Å². The summed E-state index contributed by atoms with van der Waals surface area (Å²) in [5, 5.41) is -0.309. The number of rotatable bonds is 9. The average molecular weight is 701 g/mol. The van der Waals surface area contributed by atoms with Gasteiger partial charge in [0.1, 0.15) is 5.82 Å². The molecule has 0 saturated carbocycles. The molecule has 1 fully saturated rings. The molecule has 3 aromatic rings. The lowest BCUT2D eigenvalue weighted by Crippen LogP contribution is -2.49. The topological polar surface area (TPSA) is 130 Å². The number of hydrogen-bond acceptors (Lipinski definition) is 8. The molecule has 0 unspecified atom stereocenters. The van der Waals surface area contributed by atoms with Crippen LogP contribution in [0.4, 0.5) is 20.2 Å². The summed E-state index contributed by atoms with van der Waals surface area (Å²) in [6, 6.07) is 5.17. The number of nitrogens with two attached hydrogens (primary N) is 1. The van der Waals surface area contributed by atoms with Crippen molar-refractivity contribution in [1.82, 2.24) is 9.47 Å². The van der Waals surface area contributed by atoms with Crippen molar-refractivity contribution >= 4 is 67.7 Å². The maximum atomic E-state index is 17.5. The molecule has 2 heterocycles. The van der Waals surface area contributed by atoms with Crippen molar-refractivity contribution in [3.63, 3.8) is 0 Å². The zero-order valence-corrected chi connectivity index (χ0v) is 29.3. The molecule has 1 amide bonds. The highest BCUT2D eigenvalue weighted by Crippen LogP contribution is 2.44. The van der Waals surface area contributed by atoms with E-state index in [9.17, 15) is 18.0 Å². The first-order valence-electron chi connectivity index (χ1n) is 15.2. The number of carbonyl (C=O) groups is 1. The smallest absolute Gasteiger partial charge is 0.276 e. The number of amides is 1. The summed E-state index contributed by atoms with van der Waals surface area (Å²) in [5.41, 5.74) is 4.36. The van der Waals surface area contributed by atoms with Crippen molar-refractivity contribution in [2.75, 3.05) is 50.1 Å². The Morgan fingerprint density at radius 1 is 1.08 bits per heavy atom. The lowest BCUT2D eigenvalue weighted by Gasteiger charge is -2.37. The second-order valence-corrected chi connectivity index (χ2v) is 14.4. The van der Waals surface area contributed by atoms with E-state index in [1.807, 2.05) is 13.8 Å². The highest BCUT2D eigenvalue weighted by molar-refractivity contribution is 7.90. The minimum absolute atomic E-state index is 0.0384. The molecule has 48 heavy (non-hydrogen) atoms. The van der Waals surface area contributed by atoms with E-state index >= 15 is 8.78 Å². The van der Waals surface area contributed by atoms with Crippen LogP contribution in [0.3, 0.4) is 0 Å². The van der Waals surface area contributed by atoms with Gasteiger partial charge in [-0.15, -0.1) is 0 Å². The molecule has 1 aromatic heterocycles. The van der Waals surface area contributed by atoms with E-state index < -0.39 is 37.5 Å². The predicted octanol–water partition coefficient (Wildman–Crippen LogP) is 5.67. The number of aliphatic imine (C=N–C) groups is 2. The second-order valence-electron chi connectivity index (χ2n) is 12.1. The molecule has 0 spiro atoms. The lowest BCUT2D eigenvalue weighted by atomic mass is 9.96. The fourth-order valence-corrected chi connectivity index (χ4v) is 7.42. The molecule has 1 saturated heterocycles. The molecule has 10 nitrogen and oxygen atoms in total. The Morgan fingerprint density at radius 3 is 2.19 bits per heavy atom. The van der Waals surface area contributed by atoms with Crippen LogP contribution in [-0.4, -0.2) is 75.7 Å². The van der Waals surface area contributed by atoms with Gasteiger partial charge in [0.25, 0.3) is 5.56 Å². The molecule has 0 radical (unpaired) electrons. The summed E-state index contributed by atoms with van der Waals surface area (Å²) in [6.07, 6.45) is 2.07. The summed E-state index contributed by atoms with van der Waals surface area (Å²) in [4.78, 5) is 38.4. The van der Waals surface area contributed by atoms with Gasteiger partial charge in [-0.3, -0.25) is 24.1 Å². The SMILES string of the molecule is C=CC(=O)N1CCN(c2c(S(C)(=O)=O)c(=O)n(/C(C(=NC)C(C)C)=C(/N=C)C(C)C)c3c(F)c(-c4c(N)cccc4F)c(Cl)cc23)CC1. The summed E-state index contributed by atoms with van der Waals surface area (Å²) in [6.45, 7) is 15.0. The van der Waals surface area contributed by atoms with Gasteiger partial charge in [0, 0.05) is 61.7 Å². The minimum Gasteiger partial charge on any atom is -0.398 e. The molecular formula is C34H39ClF2N6O4S. The van der Waals surface area contributed by atoms with Gasteiger partial charge in [-0.2, -0.15) is 0 Å². The van der Waals surface area contributed by atoms with E-state index in [1.54, 1.807) is 18.7 Å². The quantitative estimate of drug-likeness (QED) is 0.174. The summed E-state index contributed by atoms with van der Waals surface area (Å²) < 4.78 is 61.1. The van der Waals surface area contributed by atoms with E-state index in [1.165, 1.54) is 36.2 Å². The number of sulfone groups is 1. The van der Waals surface area contributed by atoms with Crippen LogP contribution in [0.2, 0.25) is 5.02 Å². The average Bonchev–Trinajstić information content (AvgIpc) is 3.01. The number of piperazine rings is 1. The molecule has 1 aliphatic rings. The first kappa shape index (κ1) is 36.5. The third-order valence-electron chi connectivity index (χ3n) is 8.25. The number of anilines is 2. The highest BCUT2D eigenvalue weighted by Gasteiger charge is 2.35. The van der Waals surface area contributed by atoms with Crippen molar-refractivity contribution in [3.8, 4) is 11.1 Å². The van der Waals surface area contributed by atoms with Gasteiger partial charge >= 0.3 is 0 Å². The van der Waals surface area contributed by atoms with Gasteiger partial charge in [-0.05, 0) is 42.8 Å². The Hall–Kier alpha value is -4.36. The summed E-state index contributed by atoms with van der Waals surface area (Å²) in [5.74, 6) is -3.02. The number of nitrogens with zero attached hydrogens (tertiary/aromatic N) is 5. The van der Waals surface area contributed by atoms with E-state index in [0.29, 0.717) is 5.71 Å². The van der Waals surface area contributed by atoms with Crippen molar-refractivity contribution in [3.05, 3.63) is 69.6 Å². The largest absolute Gasteiger partial charge is 0.398 e. The molecule has 2 N–H and O–H groups in total. The van der Waals surface area contributed by atoms with Gasteiger partial charge < -0.3 is 15.5 Å². The fraction of sp³-hybridized carbons (Fsp3) is 0.353. The Morgan fingerprint density at radius 2 is 1.71 bits per heavy atom. The van der Waals surface area contributed by atoms with Crippen molar-refractivity contribution in [1.29, 1.82) is 0 Å². The van der Waals surface area contributed by atoms with Crippen LogP contribution in [0.25, 0.3) is 27.7 Å². The zero-order valence-electron chi connectivity index (χ0n) is 27.8. The molecular weight excluding hydrogens is 662 g/mol. The normalized spacial score (nSPS) is 14.9. The lowest BCUT2D eigenvalue weighted by molar-refractivity contribution is -0.126. The predicted molar refractivity (Wildman–Crippen MR) is 191 cm³/mol. The molecule has 14 heteroatoms. The van der Waals surface area contributed by atoms with Crippen LogP contribution in [-0.2, 0) is 14.6 Å². The third kappa shape index (κ3) is 6.40. The maximum absolute atomic E-state index is 17.5. The van der Waals surface area contributed by atoms with Gasteiger partial charge in [0.05, 0.1) is 33.3 Å². The number of pyridine rings is 1. The number of benzene rings is 2. The van der Waals surface area contributed by atoms with Crippen LogP contribution in [0, 0.1) is 23.5 Å². The summed E-state index contributed by atoms with van der Waals surface area (Å²) in [7, 11) is -2.83. The van der Waals surface area contributed by atoms with Crippen LogP contribution in [0.15, 0.2) is 62.3 Å². The van der Waals surface area contributed by atoms with Crippen molar-refractivity contribution < 1.29 is 22.0 Å². The van der Waals surface area contributed by atoms with Gasteiger partial charge in [0.15, 0.2) is 20.5 Å². The molecule has 0 atom stereocenters. The van der Waals surface area contributed by atoms with Crippen molar-refractivity contribution in [2.24, 2.45) is 21.8 Å². The second kappa shape index (κ2) is 14.0. The molecule has 256 valence electrons. The number of carbonyl (C=O) groups excluding carboxylic acids is 1. The minimum atomic E-state index is -4.33. The third-order valence-corrected chi connectivity index (χ3v) is 9.65. The molecule has 0 aliphatic carbocycles. The van der Waals surface area contributed by atoms with E-state index in [0.717, 1.165) is 16.9 Å². The van der Waals surface area contributed by atoms with E-state index in [2.05, 4.69) is 23.3 Å². The summed E-state index contributed by atoms with van der Waals surface area (Å²) >= 11 is 6.75. The van der Waals surface area contributed by atoms with Crippen molar-refractivity contribution in [2.45, 2.75) is 32.6 Å². The molecule has 4 rings (SSSR count). The first-order chi connectivity index (χ1) is 22.5. The van der Waals surface area contributed by atoms with Gasteiger partial charge in [-0.25, -0.2) is 17.2 Å². The number of hydrogen-bond donors (Lipinski definition) is 1. The van der Waals surface area contributed by atoms with Crippen LogP contribution < -0.4 is 16.2 Å². The molecule has 1 aliphatic heterocycles. The number of halogens is 3. The van der Waals surface area contributed by atoms with Crippen LogP contribution in [0.1, 0.15) is 27.7 Å². The molecule has 0 bridgehead atoms. The Bertz CT molecular complexity index is 2040. The Kier molecular flexibility index (Phi) is 10.6. The first-order valence-corrected chi connectivity index (χ1v) is 17.5. The number of aromatic nitrogens is 1. The standard InChI is InChI=1S/C34H39ClF2N6O4S/c1-9-24(44)41-13-15-42(16-14-41)31-20-17-21(35)25(26-22(36)11-10-12-23(26)38)27(37)30(20)43(34(45)33(31)48(8,46)47)32(28(39-6)18(2)3)29(40-7)19(4)5/h9-12,17-19H,1,6,13-16,38H2,2-5,7-8H3/b32-28+,40-29?. The highest BCUT2D eigenvalue weighted by atomic mass is 35.5. The van der Waals surface area contributed by atoms with Gasteiger partial charge in [0.2, 0.25) is 5.91 Å². The van der Waals surface area contributed by atoms with E-state index in [-0.39, 0.29) is 88.2 Å². The van der Waals surface area contributed by atoms with Crippen LogP contribution >= 0.6 is 11.6 Å². The maximum Gasteiger partial charge on any atom is 0.276 e. The monoisotopic (exact) mass is 700 g/mol. The number of fused-ring (bicyclic) bond motifs is 1. The van der Waals surface area contributed by atoms with Crippen LogP contribution in [0.5, 0.6) is 0 Å². The number of nitrogen functional groups attached to an aromatic ring is 1. The Balaban J connectivity index is 2.36.